The Morgan fingerprint density at radius 3 is 2.90 bits per heavy atom. The summed E-state index contributed by atoms with van der Waals surface area (Å²) in [6.45, 7) is 3.31. The first kappa shape index (κ1) is 20.8. The monoisotopic (exact) mass is 443 g/mol. The summed E-state index contributed by atoms with van der Waals surface area (Å²) in [5, 5.41) is 13.0. The number of carbonyl (C=O) groups excluding carboxylic acids is 1. The van der Waals surface area contributed by atoms with Crippen LogP contribution in [0.1, 0.15) is 18.4 Å². The van der Waals surface area contributed by atoms with Gasteiger partial charge in [-0.25, -0.2) is 0 Å². The minimum atomic E-state index is -0.123. The number of nitrogens with one attached hydrogen (secondary N) is 1. The molecule has 1 N–H and O–H groups in total. The lowest BCUT2D eigenvalue weighted by atomic mass is 10.2. The van der Waals surface area contributed by atoms with E-state index in [4.69, 9.17) is 16.3 Å². The van der Waals surface area contributed by atoms with Gasteiger partial charge in [-0.3, -0.25) is 14.3 Å². The van der Waals surface area contributed by atoms with Gasteiger partial charge < -0.3 is 10.1 Å². The first-order valence-electron chi connectivity index (χ1n) is 9.75. The molecule has 156 valence electrons. The number of benzene rings is 1. The minimum Gasteiger partial charge on any atom is -0.376 e. The summed E-state index contributed by atoms with van der Waals surface area (Å²) in [4.78, 5) is 16.6. The molecule has 0 radical (unpaired) electrons. The van der Waals surface area contributed by atoms with Crippen molar-refractivity contribution in [3.8, 4) is 11.4 Å². The van der Waals surface area contributed by atoms with E-state index in [0.29, 0.717) is 22.4 Å². The fraction of sp³-hybridized carbons (Fsp3) is 0.333. The van der Waals surface area contributed by atoms with E-state index in [2.05, 4.69) is 20.5 Å². The fourth-order valence-corrected chi connectivity index (χ4v) is 4.25. The van der Waals surface area contributed by atoms with Gasteiger partial charge in [0.15, 0.2) is 11.0 Å². The number of carbonyl (C=O) groups is 1. The van der Waals surface area contributed by atoms with Crippen LogP contribution in [0, 0.1) is 6.92 Å². The summed E-state index contributed by atoms with van der Waals surface area (Å²) in [5.41, 5.74) is 2.49. The molecule has 4 rings (SSSR count). The zero-order valence-corrected chi connectivity index (χ0v) is 18.1. The highest BCUT2D eigenvalue weighted by Crippen LogP contribution is 2.27. The number of hydrogen-bond donors (Lipinski definition) is 1. The average Bonchev–Trinajstić information content (AvgIpc) is 3.41. The number of anilines is 1. The van der Waals surface area contributed by atoms with E-state index < -0.39 is 0 Å². The van der Waals surface area contributed by atoms with Crippen molar-refractivity contribution < 1.29 is 9.53 Å². The van der Waals surface area contributed by atoms with Gasteiger partial charge >= 0.3 is 0 Å². The van der Waals surface area contributed by atoms with Gasteiger partial charge in [0.2, 0.25) is 5.91 Å². The molecule has 30 heavy (non-hydrogen) atoms. The third kappa shape index (κ3) is 4.83. The number of amides is 1. The molecule has 1 fully saturated rings. The van der Waals surface area contributed by atoms with Crippen LogP contribution in [0.5, 0.6) is 0 Å². The van der Waals surface area contributed by atoms with Crippen molar-refractivity contribution in [1.82, 2.24) is 19.7 Å². The van der Waals surface area contributed by atoms with Crippen molar-refractivity contribution in [2.45, 2.75) is 37.6 Å². The number of aromatic nitrogens is 4. The summed E-state index contributed by atoms with van der Waals surface area (Å²) in [6, 6.07) is 9.26. The average molecular weight is 444 g/mol. The normalized spacial score (nSPS) is 16.0. The van der Waals surface area contributed by atoms with Crippen LogP contribution in [-0.2, 0) is 16.1 Å². The second-order valence-electron chi connectivity index (χ2n) is 7.04. The summed E-state index contributed by atoms with van der Waals surface area (Å²) in [7, 11) is 0. The molecule has 1 atom stereocenters. The molecule has 1 aromatic carbocycles. The van der Waals surface area contributed by atoms with Crippen molar-refractivity contribution in [3.63, 3.8) is 0 Å². The Bertz CT molecular complexity index is 1020. The Balaban J connectivity index is 1.49. The number of thioether (sulfide) groups is 1. The number of hydrogen-bond acceptors (Lipinski definition) is 6. The minimum absolute atomic E-state index is 0.123. The van der Waals surface area contributed by atoms with Crippen molar-refractivity contribution in [2.24, 2.45) is 0 Å². The number of ether oxygens (including phenoxy) is 1. The van der Waals surface area contributed by atoms with Crippen molar-refractivity contribution in [3.05, 3.63) is 53.3 Å². The summed E-state index contributed by atoms with van der Waals surface area (Å²) >= 11 is 7.50. The molecule has 0 unspecified atom stereocenters. The predicted molar refractivity (Wildman–Crippen MR) is 118 cm³/mol. The predicted octanol–water partition coefficient (Wildman–Crippen LogP) is 4.21. The first-order valence-corrected chi connectivity index (χ1v) is 11.1. The zero-order valence-electron chi connectivity index (χ0n) is 16.5. The largest absolute Gasteiger partial charge is 0.376 e. The molecule has 1 amide bonds. The van der Waals surface area contributed by atoms with Crippen LogP contribution < -0.4 is 5.32 Å². The third-order valence-corrected chi connectivity index (χ3v) is 6.32. The second kappa shape index (κ2) is 9.59. The standard InChI is InChI=1S/C21H22ClN5O2S/c1-14-17(22)5-2-6-18(14)24-19(28)13-30-21-26-25-20(15-7-9-23-10-8-15)27(21)12-16-4-3-11-29-16/h2,5-10,16H,3-4,11-13H2,1H3,(H,24,28)/t16-/m1/s1. The molecule has 2 aromatic heterocycles. The van der Waals surface area contributed by atoms with Crippen LogP contribution in [0.25, 0.3) is 11.4 Å². The van der Waals surface area contributed by atoms with E-state index in [1.165, 1.54) is 11.8 Å². The quantitative estimate of drug-likeness (QED) is 0.551. The van der Waals surface area contributed by atoms with E-state index >= 15 is 0 Å². The molecule has 9 heteroatoms. The zero-order chi connectivity index (χ0) is 20.9. The molecule has 1 aliphatic heterocycles. The maximum Gasteiger partial charge on any atom is 0.234 e. The number of rotatable bonds is 7. The highest BCUT2D eigenvalue weighted by molar-refractivity contribution is 7.99. The highest BCUT2D eigenvalue weighted by atomic mass is 35.5. The molecule has 0 bridgehead atoms. The Labute approximate surface area is 184 Å². The van der Waals surface area contributed by atoms with Crippen LogP contribution in [0.2, 0.25) is 5.02 Å². The summed E-state index contributed by atoms with van der Waals surface area (Å²) in [5.74, 6) is 0.843. The van der Waals surface area contributed by atoms with E-state index in [-0.39, 0.29) is 17.8 Å². The van der Waals surface area contributed by atoms with Gasteiger partial charge in [-0.2, -0.15) is 0 Å². The molecule has 0 aliphatic carbocycles. The van der Waals surface area contributed by atoms with Crippen molar-refractivity contribution in [2.75, 3.05) is 17.7 Å². The SMILES string of the molecule is Cc1c(Cl)cccc1NC(=O)CSc1nnc(-c2ccncc2)n1C[C@H]1CCCO1. The number of pyridine rings is 1. The fourth-order valence-electron chi connectivity index (χ4n) is 3.33. The van der Waals surface area contributed by atoms with Crippen LogP contribution in [-0.4, -0.2) is 44.1 Å². The van der Waals surface area contributed by atoms with Crippen LogP contribution >= 0.6 is 23.4 Å². The van der Waals surface area contributed by atoms with Crippen molar-refractivity contribution >= 4 is 35.0 Å². The van der Waals surface area contributed by atoms with Gasteiger partial charge in [0.05, 0.1) is 18.4 Å². The highest BCUT2D eigenvalue weighted by Gasteiger charge is 2.22. The van der Waals surface area contributed by atoms with Gasteiger partial charge in [-0.05, 0) is 49.6 Å². The van der Waals surface area contributed by atoms with Gasteiger partial charge in [-0.1, -0.05) is 29.4 Å². The van der Waals surface area contributed by atoms with E-state index in [1.54, 1.807) is 18.5 Å². The third-order valence-electron chi connectivity index (χ3n) is 4.94. The van der Waals surface area contributed by atoms with E-state index in [1.807, 2.05) is 35.8 Å². The number of halogens is 1. The van der Waals surface area contributed by atoms with Crippen LogP contribution in [0.3, 0.4) is 0 Å². The summed E-state index contributed by atoms with van der Waals surface area (Å²) in [6.07, 6.45) is 5.65. The molecular formula is C21H22ClN5O2S. The molecule has 1 aliphatic rings. The van der Waals surface area contributed by atoms with Gasteiger partial charge in [-0.15, -0.1) is 10.2 Å². The van der Waals surface area contributed by atoms with Gasteiger partial charge in [0, 0.05) is 35.3 Å². The topological polar surface area (TPSA) is 81.9 Å². The molecule has 0 spiro atoms. The van der Waals surface area contributed by atoms with Gasteiger partial charge in [0.1, 0.15) is 0 Å². The Morgan fingerprint density at radius 2 is 2.13 bits per heavy atom. The van der Waals surface area contributed by atoms with Crippen molar-refractivity contribution in [1.29, 1.82) is 0 Å². The molecule has 7 nitrogen and oxygen atoms in total. The molecule has 0 saturated carbocycles. The Morgan fingerprint density at radius 1 is 1.30 bits per heavy atom. The molecular weight excluding hydrogens is 422 g/mol. The van der Waals surface area contributed by atoms with Gasteiger partial charge in [0.25, 0.3) is 0 Å². The number of nitrogens with zero attached hydrogens (tertiary/aromatic N) is 4. The Kier molecular flexibility index (Phi) is 6.66. The lowest BCUT2D eigenvalue weighted by Crippen LogP contribution is -2.18. The molecule has 1 saturated heterocycles. The molecule has 3 heterocycles. The second-order valence-corrected chi connectivity index (χ2v) is 8.39. The lowest BCUT2D eigenvalue weighted by Gasteiger charge is -2.15. The first-order chi connectivity index (χ1) is 14.6. The maximum absolute atomic E-state index is 12.5. The lowest BCUT2D eigenvalue weighted by molar-refractivity contribution is -0.113. The summed E-state index contributed by atoms with van der Waals surface area (Å²) < 4.78 is 7.85. The Hall–Kier alpha value is -2.42. The molecule has 3 aromatic rings. The van der Waals surface area contributed by atoms with E-state index in [0.717, 1.165) is 36.4 Å². The van der Waals surface area contributed by atoms with Crippen LogP contribution in [0.4, 0.5) is 5.69 Å². The van der Waals surface area contributed by atoms with Crippen LogP contribution in [0.15, 0.2) is 47.9 Å². The smallest absolute Gasteiger partial charge is 0.234 e. The maximum atomic E-state index is 12.5. The van der Waals surface area contributed by atoms with E-state index in [9.17, 15) is 4.79 Å².